The fourth-order valence-corrected chi connectivity index (χ4v) is 4.96. The molecule has 0 radical (unpaired) electrons. The molecule has 0 saturated carbocycles. The Hall–Kier alpha value is -3.07. The normalized spacial score (nSPS) is 20.2. The molecule has 1 fully saturated rings. The smallest absolute Gasteiger partial charge is 0.276 e. The summed E-state index contributed by atoms with van der Waals surface area (Å²) >= 11 is 0. The molecule has 1 aromatic heterocycles. The van der Waals surface area contributed by atoms with Gasteiger partial charge in [-0.05, 0) is 43.7 Å². The zero-order valence-corrected chi connectivity index (χ0v) is 20.3. The lowest BCUT2D eigenvalue weighted by Crippen LogP contribution is -2.63. The Labute approximate surface area is 203 Å². The van der Waals surface area contributed by atoms with Crippen molar-refractivity contribution in [3.63, 3.8) is 0 Å². The lowest BCUT2D eigenvalue weighted by Gasteiger charge is -2.50. The number of ketones is 1. The molecule has 3 heterocycles. The summed E-state index contributed by atoms with van der Waals surface area (Å²) in [5.74, 6) is -2.71. The monoisotopic (exact) mass is 487 g/mol. The molecule has 0 bridgehead atoms. The van der Waals surface area contributed by atoms with Gasteiger partial charge in [-0.25, -0.2) is 8.78 Å². The van der Waals surface area contributed by atoms with Crippen LogP contribution in [0.4, 0.5) is 8.78 Å². The fourth-order valence-electron chi connectivity index (χ4n) is 4.96. The fraction of sp³-hybridized carbons (Fsp3) is 0.500. The van der Waals surface area contributed by atoms with Gasteiger partial charge in [-0.1, -0.05) is 19.9 Å². The van der Waals surface area contributed by atoms with Crippen molar-refractivity contribution < 1.29 is 23.5 Å². The van der Waals surface area contributed by atoms with Crippen molar-refractivity contribution in [1.29, 1.82) is 0 Å². The van der Waals surface area contributed by atoms with Crippen LogP contribution in [0.5, 0.6) is 5.75 Å². The van der Waals surface area contributed by atoms with Gasteiger partial charge in [-0.3, -0.25) is 19.3 Å². The molecule has 35 heavy (non-hydrogen) atoms. The molecule has 1 saturated heterocycles. The van der Waals surface area contributed by atoms with E-state index in [0.717, 1.165) is 38.1 Å². The van der Waals surface area contributed by atoms with Crippen molar-refractivity contribution in [2.24, 2.45) is 5.92 Å². The van der Waals surface area contributed by atoms with Crippen molar-refractivity contribution in [1.82, 2.24) is 14.4 Å². The number of carbonyl (C=O) groups excluding carboxylic acids is 2. The average Bonchev–Trinajstić information content (AvgIpc) is 2.79. The van der Waals surface area contributed by atoms with Crippen LogP contribution in [-0.4, -0.2) is 56.5 Å². The average molecular weight is 488 g/mol. The quantitative estimate of drug-likeness (QED) is 0.604. The number of pyridine rings is 1. The van der Waals surface area contributed by atoms with Gasteiger partial charge in [-0.2, -0.15) is 0 Å². The molecule has 2 aliphatic rings. The minimum absolute atomic E-state index is 0.0251. The second-order valence-electron chi connectivity index (χ2n) is 9.93. The first-order chi connectivity index (χ1) is 16.6. The number of aryl methyl sites for hydroxylation is 1. The number of carbonyl (C=O) groups is 2. The Morgan fingerprint density at radius 2 is 1.97 bits per heavy atom. The Bertz CT molecular complexity index is 1210. The number of fused-ring (bicyclic) bond motifs is 2. The number of benzene rings is 1. The molecule has 2 aliphatic heterocycles. The van der Waals surface area contributed by atoms with Crippen LogP contribution in [0.1, 0.15) is 66.4 Å². The van der Waals surface area contributed by atoms with E-state index in [2.05, 4.69) is 18.7 Å². The molecule has 1 amide bonds. The number of amides is 1. The van der Waals surface area contributed by atoms with E-state index >= 15 is 0 Å². The highest BCUT2D eigenvalue weighted by Gasteiger charge is 2.43. The van der Waals surface area contributed by atoms with E-state index in [9.17, 15) is 28.3 Å². The lowest BCUT2D eigenvalue weighted by molar-refractivity contribution is -0.0337. The van der Waals surface area contributed by atoms with Crippen LogP contribution in [0.15, 0.2) is 29.2 Å². The Morgan fingerprint density at radius 1 is 1.23 bits per heavy atom. The largest absolute Gasteiger partial charge is 0.503 e. The molecular formula is C26H31F2N3O4. The highest BCUT2D eigenvalue weighted by molar-refractivity contribution is 6.00. The van der Waals surface area contributed by atoms with Crippen LogP contribution in [0.3, 0.4) is 0 Å². The minimum atomic E-state index is -0.908. The van der Waals surface area contributed by atoms with Gasteiger partial charge in [0.15, 0.2) is 17.2 Å². The number of aromatic nitrogens is 1. The summed E-state index contributed by atoms with van der Waals surface area (Å²) in [4.78, 5) is 43.1. The van der Waals surface area contributed by atoms with Crippen LogP contribution >= 0.6 is 0 Å². The van der Waals surface area contributed by atoms with Crippen molar-refractivity contribution in [3.05, 3.63) is 63.1 Å². The van der Waals surface area contributed by atoms with Crippen molar-refractivity contribution in [3.8, 4) is 5.75 Å². The van der Waals surface area contributed by atoms with Gasteiger partial charge < -0.3 is 14.6 Å². The van der Waals surface area contributed by atoms with Crippen LogP contribution in [-0.2, 0) is 13.0 Å². The molecule has 188 valence electrons. The number of rotatable bonds is 7. The Morgan fingerprint density at radius 3 is 2.66 bits per heavy atom. The van der Waals surface area contributed by atoms with Gasteiger partial charge in [0.25, 0.3) is 5.91 Å². The summed E-state index contributed by atoms with van der Waals surface area (Å²) in [6.07, 6.45) is 2.65. The zero-order valence-electron chi connectivity index (χ0n) is 20.3. The highest BCUT2D eigenvalue weighted by atomic mass is 19.1. The van der Waals surface area contributed by atoms with Crippen LogP contribution < -0.4 is 5.43 Å². The summed E-state index contributed by atoms with van der Waals surface area (Å²) in [7, 11) is 0. The molecule has 1 aromatic carbocycles. The molecule has 1 N–H and O–H groups in total. The molecule has 0 aliphatic carbocycles. The lowest BCUT2D eigenvalue weighted by atomic mass is 9.99. The van der Waals surface area contributed by atoms with Crippen molar-refractivity contribution >= 4 is 11.7 Å². The standard InChI is InChI=1S/C26H31F2N3O4/c1-15(2)8-10-29-11-9-16(3)31-22(29)14-30-13-19(24(33)25(34)23(30)26(31)35)21(32)7-5-17-4-6-18(27)12-20(17)28/h4,6,12-13,15-16,22,34H,5,7-11,14H2,1-3H3/t16-,22-/m0/s1. The summed E-state index contributed by atoms with van der Waals surface area (Å²) in [5.41, 5.74) is -1.10. The predicted octanol–water partition coefficient (Wildman–Crippen LogP) is 3.57. The second-order valence-corrected chi connectivity index (χ2v) is 9.93. The number of nitrogens with zero attached hydrogens (tertiary/aromatic N) is 3. The molecule has 2 atom stereocenters. The summed E-state index contributed by atoms with van der Waals surface area (Å²) in [5, 5.41) is 10.7. The Balaban J connectivity index is 1.62. The van der Waals surface area contributed by atoms with E-state index in [1.54, 1.807) is 4.90 Å². The molecule has 0 unspecified atom stereocenters. The highest BCUT2D eigenvalue weighted by Crippen LogP contribution is 2.31. The number of halogens is 2. The van der Waals surface area contributed by atoms with E-state index in [-0.39, 0.29) is 41.9 Å². The summed E-state index contributed by atoms with van der Waals surface area (Å²) in [6.45, 7) is 8.22. The third kappa shape index (κ3) is 4.87. The maximum atomic E-state index is 13.9. The maximum absolute atomic E-state index is 13.9. The Kier molecular flexibility index (Phi) is 7.07. The van der Waals surface area contributed by atoms with Gasteiger partial charge in [0.2, 0.25) is 5.43 Å². The topological polar surface area (TPSA) is 82.8 Å². The van der Waals surface area contributed by atoms with Gasteiger partial charge in [0, 0.05) is 37.8 Å². The second kappa shape index (κ2) is 9.89. The first kappa shape index (κ1) is 25.0. The first-order valence-electron chi connectivity index (χ1n) is 12.1. The number of hydrogen-bond acceptors (Lipinski definition) is 5. The molecular weight excluding hydrogens is 456 g/mol. The minimum Gasteiger partial charge on any atom is -0.503 e. The van der Waals surface area contributed by atoms with Crippen LogP contribution in [0.25, 0.3) is 0 Å². The van der Waals surface area contributed by atoms with Crippen LogP contribution in [0.2, 0.25) is 0 Å². The van der Waals surface area contributed by atoms with Gasteiger partial charge in [-0.15, -0.1) is 0 Å². The molecule has 7 nitrogen and oxygen atoms in total. The molecule has 4 rings (SSSR count). The van der Waals surface area contributed by atoms with E-state index in [0.29, 0.717) is 12.5 Å². The maximum Gasteiger partial charge on any atom is 0.276 e. The predicted molar refractivity (Wildman–Crippen MR) is 126 cm³/mol. The molecule has 2 aromatic rings. The third-order valence-electron chi connectivity index (χ3n) is 7.04. The first-order valence-corrected chi connectivity index (χ1v) is 12.1. The van der Waals surface area contributed by atoms with Crippen LogP contribution in [0, 0.1) is 17.6 Å². The SMILES string of the molecule is CC(C)CCN1CC[C@H](C)N2C(=O)c3c(O)c(=O)c(C(=O)CCc4ccc(F)cc4F)cn3C[C@@H]12. The zero-order chi connectivity index (χ0) is 25.4. The van der Waals surface area contributed by atoms with Gasteiger partial charge in [0.05, 0.1) is 12.1 Å². The number of aromatic hydroxyl groups is 1. The number of hydrogen-bond donors (Lipinski definition) is 1. The van der Waals surface area contributed by atoms with E-state index in [1.807, 2.05) is 6.92 Å². The summed E-state index contributed by atoms with van der Waals surface area (Å²) < 4.78 is 28.6. The summed E-state index contributed by atoms with van der Waals surface area (Å²) in [6, 6.07) is 3.07. The van der Waals surface area contributed by atoms with Gasteiger partial charge >= 0.3 is 0 Å². The van der Waals surface area contributed by atoms with Crippen molar-refractivity contribution in [2.75, 3.05) is 13.1 Å². The van der Waals surface area contributed by atoms with Crippen molar-refractivity contribution in [2.45, 2.75) is 65.2 Å². The van der Waals surface area contributed by atoms with E-state index in [4.69, 9.17) is 0 Å². The molecule has 9 heteroatoms. The van der Waals surface area contributed by atoms with Gasteiger partial charge in [0.1, 0.15) is 17.8 Å². The third-order valence-corrected chi connectivity index (χ3v) is 7.04. The van der Waals surface area contributed by atoms with E-state index < -0.39 is 34.5 Å². The van der Waals surface area contributed by atoms with E-state index in [1.165, 1.54) is 16.8 Å². The number of Topliss-reactive ketones (excluding diaryl/α,β-unsaturated/α-hetero) is 1. The molecule has 0 spiro atoms.